The van der Waals surface area contributed by atoms with Crippen molar-refractivity contribution < 1.29 is 4.74 Å². The largest absolute Gasteiger partial charge is 0.491 e. The first-order chi connectivity index (χ1) is 9.38. The third-order valence-electron chi connectivity index (χ3n) is 4.23. The second-order valence-electron chi connectivity index (χ2n) is 5.55. The minimum Gasteiger partial charge on any atom is -0.491 e. The number of hydrogen-bond acceptors (Lipinski definition) is 3. The molecule has 104 valence electrons. The van der Waals surface area contributed by atoms with E-state index in [1.165, 1.54) is 43.7 Å². The highest BCUT2D eigenvalue weighted by Crippen LogP contribution is 2.36. The zero-order valence-electron chi connectivity index (χ0n) is 11.9. The summed E-state index contributed by atoms with van der Waals surface area (Å²) < 4.78 is 5.82. The Balaban J connectivity index is 1.64. The van der Waals surface area contributed by atoms with Gasteiger partial charge in [-0.3, -0.25) is 4.90 Å². The molecule has 1 saturated heterocycles. The van der Waals surface area contributed by atoms with Gasteiger partial charge in [0.2, 0.25) is 0 Å². The van der Waals surface area contributed by atoms with Gasteiger partial charge < -0.3 is 9.64 Å². The van der Waals surface area contributed by atoms with Gasteiger partial charge in [0.25, 0.3) is 0 Å². The lowest BCUT2D eigenvalue weighted by Crippen LogP contribution is -2.46. The number of anilines is 1. The Morgan fingerprint density at radius 1 is 1.16 bits per heavy atom. The summed E-state index contributed by atoms with van der Waals surface area (Å²) in [5, 5.41) is 0. The highest BCUT2D eigenvalue weighted by Gasteiger charge is 2.23. The fourth-order valence-corrected chi connectivity index (χ4v) is 3.04. The van der Waals surface area contributed by atoms with E-state index in [9.17, 15) is 0 Å². The molecule has 0 atom stereocenters. The summed E-state index contributed by atoms with van der Waals surface area (Å²) in [6, 6.07) is 6.58. The van der Waals surface area contributed by atoms with Gasteiger partial charge in [0.15, 0.2) is 0 Å². The predicted octanol–water partition coefficient (Wildman–Crippen LogP) is 2.54. The van der Waals surface area contributed by atoms with Crippen LogP contribution in [0.3, 0.4) is 0 Å². The molecule has 1 aromatic carbocycles. The topological polar surface area (TPSA) is 15.7 Å². The predicted molar refractivity (Wildman–Crippen MR) is 79.2 cm³/mol. The van der Waals surface area contributed by atoms with Crippen molar-refractivity contribution >= 4 is 5.69 Å². The summed E-state index contributed by atoms with van der Waals surface area (Å²) in [6.45, 7) is 9.00. The van der Waals surface area contributed by atoms with Crippen molar-refractivity contribution in [2.75, 3.05) is 44.2 Å². The maximum atomic E-state index is 5.82. The fraction of sp³-hybridized carbons (Fsp3) is 0.625. The Hall–Kier alpha value is -1.22. The second-order valence-corrected chi connectivity index (χ2v) is 5.55. The third kappa shape index (κ3) is 2.71. The van der Waals surface area contributed by atoms with Crippen LogP contribution < -0.4 is 9.64 Å². The molecule has 1 fully saturated rings. The van der Waals surface area contributed by atoms with Crippen molar-refractivity contribution in [2.24, 2.45) is 0 Å². The smallest absolute Gasteiger partial charge is 0.145 e. The van der Waals surface area contributed by atoms with Crippen molar-refractivity contribution in [3.8, 4) is 5.75 Å². The molecule has 0 spiro atoms. The van der Waals surface area contributed by atoms with Gasteiger partial charge in [-0.1, -0.05) is 25.5 Å². The monoisotopic (exact) mass is 260 g/mol. The van der Waals surface area contributed by atoms with Gasteiger partial charge in [0, 0.05) is 32.6 Å². The molecule has 0 aromatic heterocycles. The molecule has 3 heteroatoms. The van der Waals surface area contributed by atoms with Crippen molar-refractivity contribution in [1.29, 1.82) is 0 Å². The van der Waals surface area contributed by atoms with Crippen molar-refractivity contribution in [3.63, 3.8) is 0 Å². The van der Waals surface area contributed by atoms with E-state index in [1.54, 1.807) is 0 Å². The highest BCUT2D eigenvalue weighted by atomic mass is 16.5. The van der Waals surface area contributed by atoms with E-state index in [0.29, 0.717) is 0 Å². The summed E-state index contributed by atoms with van der Waals surface area (Å²) in [5.41, 5.74) is 2.69. The van der Waals surface area contributed by atoms with Gasteiger partial charge in [0.05, 0.1) is 12.3 Å². The number of rotatable bonds is 4. The number of piperazine rings is 1. The summed E-state index contributed by atoms with van der Waals surface area (Å²) >= 11 is 0. The molecule has 3 nitrogen and oxygen atoms in total. The van der Waals surface area contributed by atoms with Crippen LogP contribution in [-0.2, 0) is 6.42 Å². The first-order valence-electron chi connectivity index (χ1n) is 7.60. The van der Waals surface area contributed by atoms with Gasteiger partial charge in [-0.25, -0.2) is 0 Å². The minimum absolute atomic E-state index is 0.850. The number of para-hydroxylation sites is 1. The van der Waals surface area contributed by atoms with Gasteiger partial charge in [-0.05, 0) is 24.6 Å². The Labute approximate surface area is 116 Å². The van der Waals surface area contributed by atoms with E-state index in [0.717, 1.165) is 31.9 Å². The zero-order chi connectivity index (χ0) is 13.1. The molecule has 0 bridgehead atoms. The van der Waals surface area contributed by atoms with Gasteiger partial charge in [-0.2, -0.15) is 0 Å². The van der Waals surface area contributed by atoms with Crippen LogP contribution in [0.5, 0.6) is 5.75 Å². The average Bonchev–Trinajstić information content (AvgIpc) is 2.94. The van der Waals surface area contributed by atoms with E-state index in [1.807, 2.05) is 0 Å². The summed E-state index contributed by atoms with van der Waals surface area (Å²) in [7, 11) is 0. The molecule has 0 unspecified atom stereocenters. The van der Waals surface area contributed by atoms with Crippen LogP contribution >= 0.6 is 0 Å². The number of nitrogens with zero attached hydrogens (tertiary/aromatic N) is 2. The van der Waals surface area contributed by atoms with Crippen LogP contribution in [0.25, 0.3) is 0 Å². The van der Waals surface area contributed by atoms with E-state index in [-0.39, 0.29) is 0 Å². The molecule has 19 heavy (non-hydrogen) atoms. The number of unbranched alkanes of at least 4 members (excludes halogenated alkanes) is 1. The number of fused-ring (bicyclic) bond motifs is 1. The van der Waals surface area contributed by atoms with E-state index in [4.69, 9.17) is 4.74 Å². The molecule has 1 aromatic rings. The molecule has 0 saturated carbocycles. The normalized spacial score (nSPS) is 19.3. The lowest BCUT2D eigenvalue weighted by atomic mass is 10.1. The summed E-state index contributed by atoms with van der Waals surface area (Å²) in [5.74, 6) is 1.14. The molecule has 2 heterocycles. The molecular weight excluding hydrogens is 236 g/mol. The average molecular weight is 260 g/mol. The van der Waals surface area contributed by atoms with Crippen LogP contribution in [0.2, 0.25) is 0 Å². The summed E-state index contributed by atoms with van der Waals surface area (Å²) in [6.07, 6.45) is 3.68. The Morgan fingerprint density at radius 2 is 2.00 bits per heavy atom. The molecule has 0 N–H and O–H groups in total. The lowest BCUT2D eigenvalue weighted by Gasteiger charge is -2.36. The van der Waals surface area contributed by atoms with Crippen LogP contribution in [-0.4, -0.2) is 44.2 Å². The van der Waals surface area contributed by atoms with E-state index >= 15 is 0 Å². The molecular formula is C16H24N2O. The first-order valence-corrected chi connectivity index (χ1v) is 7.60. The maximum absolute atomic E-state index is 5.82. The van der Waals surface area contributed by atoms with Crippen LogP contribution in [0, 0.1) is 0 Å². The Bertz CT molecular complexity index is 425. The van der Waals surface area contributed by atoms with E-state index in [2.05, 4.69) is 34.9 Å². The summed E-state index contributed by atoms with van der Waals surface area (Å²) in [4.78, 5) is 5.08. The molecule has 0 amide bonds. The first kappa shape index (κ1) is 12.8. The quantitative estimate of drug-likeness (QED) is 0.827. The fourth-order valence-electron chi connectivity index (χ4n) is 3.04. The van der Waals surface area contributed by atoms with Crippen LogP contribution in [0.15, 0.2) is 18.2 Å². The molecule has 2 aliphatic rings. The zero-order valence-corrected chi connectivity index (χ0v) is 11.9. The lowest BCUT2D eigenvalue weighted by molar-refractivity contribution is 0.253. The van der Waals surface area contributed by atoms with Crippen molar-refractivity contribution in [3.05, 3.63) is 23.8 Å². The number of benzene rings is 1. The third-order valence-corrected chi connectivity index (χ3v) is 4.23. The Kier molecular flexibility index (Phi) is 3.92. The molecule has 3 rings (SSSR count). The van der Waals surface area contributed by atoms with Crippen molar-refractivity contribution in [2.45, 2.75) is 26.2 Å². The molecule has 2 aliphatic heterocycles. The minimum atomic E-state index is 0.850. The molecule has 0 aliphatic carbocycles. The standard InChI is InChI=1S/C16H24N2O/c1-2-3-8-17-9-11-18(12-10-17)15-6-4-5-14-7-13-19-16(14)15/h4-6H,2-3,7-13H2,1H3. The van der Waals surface area contributed by atoms with Crippen molar-refractivity contribution in [1.82, 2.24) is 4.90 Å². The maximum Gasteiger partial charge on any atom is 0.145 e. The van der Waals surface area contributed by atoms with Gasteiger partial charge in [0.1, 0.15) is 5.75 Å². The van der Waals surface area contributed by atoms with E-state index < -0.39 is 0 Å². The van der Waals surface area contributed by atoms with Crippen LogP contribution in [0.4, 0.5) is 5.69 Å². The second kappa shape index (κ2) is 5.83. The molecule has 0 radical (unpaired) electrons. The number of ether oxygens (including phenoxy) is 1. The Morgan fingerprint density at radius 3 is 2.79 bits per heavy atom. The SMILES string of the molecule is CCCCN1CCN(c2cccc3c2OCC3)CC1. The highest BCUT2D eigenvalue weighted by molar-refractivity contribution is 5.63. The van der Waals surface area contributed by atoms with Gasteiger partial charge >= 0.3 is 0 Å². The van der Waals surface area contributed by atoms with Gasteiger partial charge in [-0.15, -0.1) is 0 Å². The number of hydrogen-bond donors (Lipinski definition) is 0. The van der Waals surface area contributed by atoms with Crippen LogP contribution in [0.1, 0.15) is 25.3 Å².